The van der Waals surface area contributed by atoms with Crippen molar-refractivity contribution in [2.45, 2.75) is 19.9 Å². The predicted molar refractivity (Wildman–Crippen MR) is 69.7 cm³/mol. The van der Waals surface area contributed by atoms with Crippen LogP contribution in [-0.4, -0.2) is 49.2 Å². The molecule has 1 saturated heterocycles. The van der Waals surface area contributed by atoms with Gasteiger partial charge in [0.1, 0.15) is 11.6 Å². The molecule has 0 aromatic carbocycles. The van der Waals surface area contributed by atoms with E-state index in [9.17, 15) is 0 Å². The van der Waals surface area contributed by atoms with Gasteiger partial charge in [0.05, 0.1) is 13.3 Å². The summed E-state index contributed by atoms with van der Waals surface area (Å²) in [5.41, 5.74) is 0. The molecule has 94 valence electrons. The Balaban J connectivity index is 1.95. The summed E-state index contributed by atoms with van der Waals surface area (Å²) in [7, 11) is 1.66. The lowest BCUT2D eigenvalue weighted by atomic mass is 10.2. The van der Waals surface area contributed by atoms with Crippen LogP contribution in [0.4, 0.5) is 5.82 Å². The van der Waals surface area contributed by atoms with Crippen LogP contribution >= 0.6 is 0 Å². The quantitative estimate of drug-likeness (QED) is 0.796. The summed E-state index contributed by atoms with van der Waals surface area (Å²) >= 11 is 0. The van der Waals surface area contributed by atoms with E-state index in [0.717, 1.165) is 37.7 Å². The third kappa shape index (κ3) is 2.88. The van der Waals surface area contributed by atoms with Gasteiger partial charge in [-0.05, 0) is 26.0 Å². The minimum Gasteiger partial charge on any atom is -0.495 e. The van der Waals surface area contributed by atoms with Crippen molar-refractivity contribution in [2.75, 3.05) is 38.2 Å². The van der Waals surface area contributed by atoms with Crippen molar-refractivity contribution in [3.63, 3.8) is 0 Å². The molecule has 0 aliphatic carbocycles. The second-order valence-electron chi connectivity index (χ2n) is 4.67. The molecule has 4 heteroatoms. The Morgan fingerprint density at radius 2 is 1.88 bits per heavy atom. The van der Waals surface area contributed by atoms with Gasteiger partial charge < -0.3 is 9.64 Å². The zero-order valence-corrected chi connectivity index (χ0v) is 10.9. The van der Waals surface area contributed by atoms with Crippen LogP contribution in [0.5, 0.6) is 5.75 Å². The number of hydrogen-bond donors (Lipinski definition) is 0. The highest BCUT2D eigenvalue weighted by molar-refractivity contribution is 5.41. The fourth-order valence-electron chi connectivity index (χ4n) is 2.15. The van der Waals surface area contributed by atoms with E-state index in [1.807, 2.05) is 12.1 Å². The number of piperazine rings is 1. The molecule has 0 atom stereocenters. The summed E-state index contributed by atoms with van der Waals surface area (Å²) in [6.07, 6.45) is 1.78. The number of anilines is 1. The molecule has 0 amide bonds. The van der Waals surface area contributed by atoms with Gasteiger partial charge in [-0.2, -0.15) is 0 Å². The Morgan fingerprint density at radius 1 is 1.18 bits per heavy atom. The molecule has 0 N–H and O–H groups in total. The average Bonchev–Trinajstić information content (AvgIpc) is 2.39. The molecule has 4 nitrogen and oxygen atoms in total. The van der Waals surface area contributed by atoms with Crippen molar-refractivity contribution in [1.82, 2.24) is 9.88 Å². The molecule has 1 aromatic rings. The number of aromatic nitrogens is 1. The van der Waals surface area contributed by atoms with Crippen molar-refractivity contribution in [3.05, 3.63) is 18.3 Å². The highest BCUT2D eigenvalue weighted by atomic mass is 16.5. The predicted octanol–water partition coefficient (Wildman–Crippen LogP) is 1.62. The molecule has 17 heavy (non-hydrogen) atoms. The summed E-state index contributed by atoms with van der Waals surface area (Å²) < 4.78 is 5.12. The molecule has 2 heterocycles. The van der Waals surface area contributed by atoms with Crippen LogP contribution in [0, 0.1) is 0 Å². The second kappa shape index (κ2) is 5.36. The van der Waals surface area contributed by atoms with E-state index >= 15 is 0 Å². The van der Waals surface area contributed by atoms with Gasteiger partial charge in [-0.25, -0.2) is 4.98 Å². The van der Waals surface area contributed by atoms with Gasteiger partial charge in [-0.1, -0.05) is 0 Å². The highest BCUT2D eigenvalue weighted by Crippen LogP contribution is 2.17. The summed E-state index contributed by atoms with van der Waals surface area (Å²) in [5, 5.41) is 0. The number of nitrogens with zero attached hydrogens (tertiary/aromatic N) is 3. The SMILES string of the molecule is COc1ccc(N2CCN(C(C)C)CC2)nc1. The maximum Gasteiger partial charge on any atom is 0.137 e. The molecule has 0 unspecified atom stereocenters. The molecule has 1 aromatic heterocycles. The number of hydrogen-bond acceptors (Lipinski definition) is 4. The number of methoxy groups -OCH3 is 1. The summed E-state index contributed by atoms with van der Waals surface area (Å²) in [5.74, 6) is 1.86. The first-order chi connectivity index (χ1) is 8.20. The molecule has 1 fully saturated rings. The van der Waals surface area contributed by atoms with E-state index in [0.29, 0.717) is 6.04 Å². The largest absolute Gasteiger partial charge is 0.495 e. The molecule has 1 aliphatic heterocycles. The van der Waals surface area contributed by atoms with Gasteiger partial charge in [-0.3, -0.25) is 4.90 Å². The first-order valence-corrected chi connectivity index (χ1v) is 6.19. The van der Waals surface area contributed by atoms with Gasteiger partial charge in [0.25, 0.3) is 0 Å². The molecule has 0 saturated carbocycles. The summed E-state index contributed by atoms with van der Waals surface area (Å²) in [4.78, 5) is 9.26. The van der Waals surface area contributed by atoms with Gasteiger partial charge in [0.2, 0.25) is 0 Å². The lowest BCUT2D eigenvalue weighted by Gasteiger charge is -2.37. The first kappa shape index (κ1) is 12.2. The lowest BCUT2D eigenvalue weighted by molar-refractivity contribution is 0.209. The van der Waals surface area contributed by atoms with Gasteiger partial charge in [-0.15, -0.1) is 0 Å². The van der Waals surface area contributed by atoms with Crippen LogP contribution in [-0.2, 0) is 0 Å². The topological polar surface area (TPSA) is 28.6 Å². The van der Waals surface area contributed by atoms with E-state index < -0.39 is 0 Å². The van der Waals surface area contributed by atoms with Crippen LogP contribution in [0.3, 0.4) is 0 Å². The van der Waals surface area contributed by atoms with Gasteiger partial charge in [0.15, 0.2) is 0 Å². The Hall–Kier alpha value is -1.29. The fraction of sp³-hybridized carbons (Fsp3) is 0.615. The van der Waals surface area contributed by atoms with Crippen molar-refractivity contribution in [2.24, 2.45) is 0 Å². The Morgan fingerprint density at radius 3 is 2.35 bits per heavy atom. The summed E-state index contributed by atoms with van der Waals surface area (Å²) in [6, 6.07) is 4.64. The van der Waals surface area contributed by atoms with Crippen LogP contribution < -0.4 is 9.64 Å². The molecule has 0 radical (unpaired) electrons. The minimum absolute atomic E-state index is 0.640. The van der Waals surface area contributed by atoms with Gasteiger partial charge >= 0.3 is 0 Å². The van der Waals surface area contributed by atoms with Crippen molar-refractivity contribution < 1.29 is 4.74 Å². The first-order valence-electron chi connectivity index (χ1n) is 6.19. The second-order valence-corrected chi connectivity index (χ2v) is 4.67. The zero-order chi connectivity index (χ0) is 12.3. The van der Waals surface area contributed by atoms with Crippen molar-refractivity contribution >= 4 is 5.82 Å². The maximum atomic E-state index is 5.12. The zero-order valence-electron chi connectivity index (χ0n) is 10.9. The van der Waals surface area contributed by atoms with Gasteiger partial charge in [0, 0.05) is 32.2 Å². The average molecular weight is 235 g/mol. The smallest absolute Gasteiger partial charge is 0.137 e. The van der Waals surface area contributed by atoms with Crippen LogP contribution in [0.25, 0.3) is 0 Å². The van der Waals surface area contributed by atoms with E-state index in [1.165, 1.54) is 0 Å². The fourth-order valence-corrected chi connectivity index (χ4v) is 2.15. The van der Waals surface area contributed by atoms with E-state index in [4.69, 9.17) is 4.74 Å². The molecular formula is C13H21N3O. The standard InChI is InChI=1S/C13H21N3O/c1-11(2)15-6-8-16(9-7-15)13-5-4-12(17-3)10-14-13/h4-5,10-11H,6-9H2,1-3H3. The maximum absolute atomic E-state index is 5.12. The third-order valence-electron chi connectivity index (χ3n) is 3.32. The Kier molecular flexibility index (Phi) is 3.84. The molecular weight excluding hydrogens is 214 g/mol. The lowest BCUT2D eigenvalue weighted by Crippen LogP contribution is -2.49. The van der Waals surface area contributed by atoms with E-state index in [1.54, 1.807) is 13.3 Å². The summed E-state index contributed by atoms with van der Waals surface area (Å²) in [6.45, 7) is 8.84. The Bertz CT molecular complexity index is 342. The van der Waals surface area contributed by atoms with Crippen LogP contribution in [0.2, 0.25) is 0 Å². The monoisotopic (exact) mass is 235 g/mol. The highest BCUT2D eigenvalue weighted by Gasteiger charge is 2.19. The minimum atomic E-state index is 0.640. The third-order valence-corrected chi connectivity index (χ3v) is 3.32. The number of ether oxygens (including phenoxy) is 1. The number of rotatable bonds is 3. The van der Waals surface area contributed by atoms with E-state index in [-0.39, 0.29) is 0 Å². The van der Waals surface area contributed by atoms with Crippen molar-refractivity contribution in [1.29, 1.82) is 0 Å². The van der Waals surface area contributed by atoms with Crippen LogP contribution in [0.1, 0.15) is 13.8 Å². The molecule has 1 aliphatic rings. The van der Waals surface area contributed by atoms with Crippen molar-refractivity contribution in [3.8, 4) is 5.75 Å². The normalized spacial score (nSPS) is 17.5. The number of pyridine rings is 1. The molecule has 0 bridgehead atoms. The Labute approximate surface area is 103 Å². The van der Waals surface area contributed by atoms with Crippen LogP contribution in [0.15, 0.2) is 18.3 Å². The molecule has 0 spiro atoms. The van der Waals surface area contributed by atoms with E-state index in [2.05, 4.69) is 28.6 Å². The molecule has 2 rings (SSSR count).